The first-order valence-corrected chi connectivity index (χ1v) is 6.49. The minimum Gasteiger partial charge on any atom is -0.388 e. The maximum absolute atomic E-state index is 13.2. The molecule has 1 aliphatic rings. The van der Waals surface area contributed by atoms with Gasteiger partial charge >= 0.3 is 0 Å². The predicted molar refractivity (Wildman–Crippen MR) is 69.8 cm³/mol. The third-order valence-electron chi connectivity index (χ3n) is 3.80. The summed E-state index contributed by atoms with van der Waals surface area (Å²) in [7, 11) is 4.07. The predicted octanol–water partition coefficient (Wildman–Crippen LogP) is 1.63. The first-order chi connectivity index (χ1) is 8.97. The molecular formula is C14H20F2N2O. The van der Waals surface area contributed by atoms with Crippen molar-refractivity contribution in [3.05, 3.63) is 35.4 Å². The molecule has 5 heteroatoms. The van der Waals surface area contributed by atoms with Gasteiger partial charge in [0.1, 0.15) is 0 Å². The summed E-state index contributed by atoms with van der Waals surface area (Å²) in [6, 6.07) is 3.80. The van der Waals surface area contributed by atoms with Crippen LogP contribution in [0.3, 0.4) is 0 Å². The quantitative estimate of drug-likeness (QED) is 0.904. The minimum absolute atomic E-state index is 0.224. The second-order valence-corrected chi connectivity index (χ2v) is 5.32. The Kier molecular flexibility index (Phi) is 4.50. The van der Waals surface area contributed by atoms with Crippen LogP contribution < -0.4 is 0 Å². The molecule has 1 aromatic rings. The Balaban J connectivity index is 2.03. The third-order valence-corrected chi connectivity index (χ3v) is 3.80. The van der Waals surface area contributed by atoms with E-state index in [1.807, 2.05) is 14.1 Å². The minimum atomic E-state index is -0.911. The van der Waals surface area contributed by atoms with Crippen molar-refractivity contribution < 1.29 is 13.9 Å². The number of likely N-dealkylation sites (N-methyl/N-ethyl adjacent to an activating group) is 2. The SMILES string of the molecule is CN1CCN(C)C(CC(O)c2ccc(F)c(F)c2)C1. The van der Waals surface area contributed by atoms with E-state index in [-0.39, 0.29) is 6.04 Å². The molecule has 19 heavy (non-hydrogen) atoms. The van der Waals surface area contributed by atoms with Crippen LogP contribution in [0.5, 0.6) is 0 Å². The van der Waals surface area contributed by atoms with Crippen LogP contribution in [0.25, 0.3) is 0 Å². The first kappa shape index (κ1) is 14.4. The number of rotatable bonds is 3. The van der Waals surface area contributed by atoms with Crippen molar-refractivity contribution in [3.8, 4) is 0 Å². The molecule has 0 aliphatic carbocycles. The van der Waals surface area contributed by atoms with Crippen LogP contribution >= 0.6 is 0 Å². The lowest BCUT2D eigenvalue weighted by molar-refractivity contribution is 0.0633. The molecule has 0 bridgehead atoms. The lowest BCUT2D eigenvalue weighted by Gasteiger charge is -2.38. The molecule has 0 amide bonds. The van der Waals surface area contributed by atoms with E-state index in [9.17, 15) is 13.9 Å². The van der Waals surface area contributed by atoms with E-state index in [0.717, 1.165) is 31.8 Å². The van der Waals surface area contributed by atoms with Gasteiger partial charge in [0.25, 0.3) is 0 Å². The Morgan fingerprint density at radius 3 is 2.68 bits per heavy atom. The molecule has 3 nitrogen and oxygen atoms in total. The van der Waals surface area contributed by atoms with E-state index >= 15 is 0 Å². The molecule has 2 atom stereocenters. The van der Waals surface area contributed by atoms with Crippen molar-refractivity contribution in [1.82, 2.24) is 9.80 Å². The lowest BCUT2D eigenvalue weighted by atomic mass is 9.99. The highest BCUT2D eigenvalue weighted by molar-refractivity contribution is 5.20. The Bertz CT molecular complexity index is 441. The van der Waals surface area contributed by atoms with Crippen molar-refractivity contribution in [3.63, 3.8) is 0 Å². The van der Waals surface area contributed by atoms with E-state index in [0.29, 0.717) is 12.0 Å². The normalized spacial score (nSPS) is 23.5. The summed E-state index contributed by atoms with van der Waals surface area (Å²) in [6.07, 6.45) is -0.250. The number of aliphatic hydroxyl groups excluding tert-OH is 1. The molecule has 106 valence electrons. The summed E-state index contributed by atoms with van der Waals surface area (Å²) < 4.78 is 26.0. The fraction of sp³-hybridized carbons (Fsp3) is 0.571. The average Bonchev–Trinajstić information content (AvgIpc) is 2.37. The zero-order chi connectivity index (χ0) is 14.0. The largest absolute Gasteiger partial charge is 0.388 e. The Hall–Kier alpha value is -1.04. The molecule has 0 saturated carbocycles. The molecule has 0 spiro atoms. The summed E-state index contributed by atoms with van der Waals surface area (Å²) in [5.41, 5.74) is 0.431. The molecule has 0 radical (unpaired) electrons. The van der Waals surface area contributed by atoms with Crippen molar-refractivity contribution in [2.24, 2.45) is 0 Å². The average molecular weight is 270 g/mol. The summed E-state index contributed by atoms with van der Waals surface area (Å²) in [5.74, 6) is -1.80. The van der Waals surface area contributed by atoms with E-state index < -0.39 is 17.7 Å². The maximum atomic E-state index is 13.2. The van der Waals surface area contributed by atoms with Gasteiger partial charge in [0.15, 0.2) is 11.6 Å². The molecule has 1 aliphatic heterocycles. The van der Waals surface area contributed by atoms with Gasteiger partial charge in [0.2, 0.25) is 0 Å². The zero-order valence-electron chi connectivity index (χ0n) is 11.3. The molecule has 2 unspecified atom stereocenters. The first-order valence-electron chi connectivity index (χ1n) is 6.49. The van der Waals surface area contributed by atoms with Gasteiger partial charge in [-0.15, -0.1) is 0 Å². The second-order valence-electron chi connectivity index (χ2n) is 5.32. The van der Waals surface area contributed by atoms with Crippen molar-refractivity contribution >= 4 is 0 Å². The number of aliphatic hydroxyl groups is 1. The fourth-order valence-electron chi connectivity index (χ4n) is 2.47. The van der Waals surface area contributed by atoms with Crippen molar-refractivity contribution in [2.75, 3.05) is 33.7 Å². The maximum Gasteiger partial charge on any atom is 0.159 e. The van der Waals surface area contributed by atoms with E-state index in [1.54, 1.807) is 0 Å². The molecule has 1 heterocycles. The van der Waals surface area contributed by atoms with Gasteiger partial charge in [-0.2, -0.15) is 0 Å². The van der Waals surface area contributed by atoms with E-state index in [4.69, 9.17) is 0 Å². The molecule has 0 aromatic heterocycles. The smallest absolute Gasteiger partial charge is 0.159 e. The second kappa shape index (κ2) is 5.94. The monoisotopic (exact) mass is 270 g/mol. The Morgan fingerprint density at radius 2 is 2.00 bits per heavy atom. The topological polar surface area (TPSA) is 26.7 Å². The molecule has 1 aromatic carbocycles. The Morgan fingerprint density at radius 1 is 1.26 bits per heavy atom. The highest BCUT2D eigenvalue weighted by atomic mass is 19.2. The summed E-state index contributed by atoms with van der Waals surface area (Å²) in [6.45, 7) is 2.83. The molecule has 1 N–H and O–H groups in total. The standard InChI is InChI=1S/C14H20F2N2O/c1-17-5-6-18(2)11(9-17)8-14(19)10-3-4-12(15)13(16)7-10/h3-4,7,11,14,19H,5-6,8-9H2,1-2H3. The number of hydrogen-bond acceptors (Lipinski definition) is 3. The van der Waals surface area contributed by atoms with Crippen LogP contribution in [0.2, 0.25) is 0 Å². The molecule has 1 saturated heterocycles. The van der Waals surface area contributed by atoms with Crippen LogP contribution in [0.4, 0.5) is 8.78 Å². The Labute approximate surface area is 112 Å². The number of halogens is 2. The van der Waals surface area contributed by atoms with Gasteiger partial charge < -0.3 is 14.9 Å². The van der Waals surface area contributed by atoms with Gasteiger partial charge in [-0.3, -0.25) is 0 Å². The summed E-state index contributed by atoms with van der Waals surface area (Å²) in [4.78, 5) is 4.41. The fourth-order valence-corrected chi connectivity index (χ4v) is 2.47. The van der Waals surface area contributed by atoms with Crippen LogP contribution in [0, 0.1) is 11.6 Å². The van der Waals surface area contributed by atoms with Gasteiger partial charge in [-0.05, 0) is 38.2 Å². The number of nitrogens with zero attached hydrogens (tertiary/aromatic N) is 2. The molecular weight excluding hydrogens is 250 g/mol. The highest BCUT2D eigenvalue weighted by Crippen LogP contribution is 2.23. The molecule has 1 fully saturated rings. The van der Waals surface area contributed by atoms with Crippen LogP contribution in [-0.4, -0.2) is 54.7 Å². The number of benzene rings is 1. The lowest BCUT2D eigenvalue weighted by Crippen LogP contribution is -2.50. The van der Waals surface area contributed by atoms with Crippen LogP contribution in [0.1, 0.15) is 18.1 Å². The van der Waals surface area contributed by atoms with Crippen LogP contribution in [-0.2, 0) is 0 Å². The van der Waals surface area contributed by atoms with Crippen LogP contribution in [0.15, 0.2) is 18.2 Å². The van der Waals surface area contributed by atoms with Gasteiger partial charge in [-0.1, -0.05) is 6.07 Å². The van der Waals surface area contributed by atoms with Crippen molar-refractivity contribution in [2.45, 2.75) is 18.6 Å². The van der Waals surface area contributed by atoms with Gasteiger partial charge in [-0.25, -0.2) is 8.78 Å². The third kappa shape index (κ3) is 3.49. The highest BCUT2D eigenvalue weighted by Gasteiger charge is 2.25. The van der Waals surface area contributed by atoms with Gasteiger partial charge in [0.05, 0.1) is 6.10 Å². The molecule has 2 rings (SSSR count). The summed E-state index contributed by atoms with van der Waals surface area (Å²) in [5, 5.41) is 10.2. The number of piperazine rings is 1. The van der Waals surface area contributed by atoms with E-state index in [2.05, 4.69) is 9.80 Å². The number of hydrogen-bond donors (Lipinski definition) is 1. The van der Waals surface area contributed by atoms with E-state index in [1.165, 1.54) is 6.07 Å². The zero-order valence-corrected chi connectivity index (χ0v) is 11.3. The summed E-state index contributed by atoms with van der Waals surface area (Å²) >= 11 is 0. The van der Waals surface area contributed by atoms with Crippen molar-refractivity contribution in [1.29, 1.82) is 0 Å². The van der Waals surface area contributed by atoms with Gasteiger partial charge in [0, 0.05) is 25.7 Å².